The van der Waals surface area contributed by atoms with Crippen LogP contribution in [0.5, 0.6) is 0 Å². The molecule has 2 aromatic carbocycles. The predicted molar refractivity (Wildman–Crippen MR) is 107 cm³/mol. The number of amides is 2. The fraction of sp³-hybridized carbons (Fsp3) is 0.435. The molecule has 2 bridgehead atoms. The lowest BCUT2D eigenvalue weighted by Crippen LogP contribution is -2.49. The first-order valence-corrected chi connectivity index (χ1v) is 10.3. The molecule has 4 aliphatic rings. The van der Waals surface area contributed by atoms with Crippen molar-refractivity contribution in [1.29, 1.82) is 0 Å². The molecule has 6 rings (SSSR count). The van der Waals surface area contributed by atoms with Gasteiger partial charge in [0.1, 0.15) is 5.82 Å². The van der Waals surface area contributed by atoms with Gasteiger partial charge in [0.15, 0.2) is 0 Å². The average molecular weight is 379 g/mol. The third-order valence-corrected chi connectivity index (χ3v) is 6.63. The summed E-state index contributed by atoms with van der Waals surface area (Å²) in [5.74, 6) is -0.223. The SMILES string of the molecule is O=C(NC1(c2ccc(-c3ccc(F)cc3)cc2)CC1)N1CCN2CCC1CC2. The van der Waals surface area contributed by atoms with Crippen LogP contribution in [0.2, 0.25) is 0 Å². The monoisotopic (exact) mass is 379 g/mol. The lowest BCUT2D eigenvalue weighted by atomic mass is 9.99. The van der Waals surface area contributed by atoms with E-state index in [2.05, 4.69) is 39.4 Å². The third-order valence-electron chi connectivity index (χ3n) is 6.63. The smallest absolute Gasteiger partial charge is 0.318 e. The standard InChI is InChI=1S/C23H26FN3O/c24-20-7-3-18(4-8-20)17-1-5-19(6-2-17)23(11-12-23)25-22(28)27-16-15-26-13-9-21(27)10-14-26/h1-8,21H,9-16H2,(H,25,28). The minimum absolute atomic E-state index is 0.0915. The van der Waals surface area contributed by atoms with Gasteiger partial charge < -0.3 is 15.1 Å². The Kier molecular flexibility index (Phi) is 4.35. The van der Waals surface area contributed by atoms with E-state index < -0.39 is 0 Å². The molecular formula is C23H26FN3O. The van der Waals surface area contributed by atoms with E-state index in [0.717, 1.165) is 68.6 Å². The minimum Gasteiger partial charge on any atom is -0.328 e. The molecule has 2 aromatic rings. The molecule has 5 heteroatoms. The summed E-state index contributed by atoms with van der Waals surface area (Å²) in [6.45, 7) is 4.05. The van der Waals surface area contributed by atoms with E-state index >= 15 is 0 Å². The van der Waals surface area contributed by atoms with Crippen molar-refractivity contribution in [2.75, 3.05) is 26.2 Å². The van der Waals surface area contributed by atoms with Crippen LogP contribution in [0.25, 0.3) is 11.1 Å². The molecule has 1 N–H and O–H groups in total. The Morgan fingerprint density at radius 3 is 2.11 bits per heavy atom. The number of urea groups is 1. The van der Waals surface area contributed by atoms with Crippen LogP contribution in [0.4, 0.5) is 9.18 Å². The normalized spacial score (nSPS) is 25.2. The predicted octanol–water partition coefficient (Wildman–Crippen LogP) is 3.97. The summed E-state index contributed by atoms with van der Waals surface area (Å²) in [7, 11) is 0. The number of nitrogens with one attached hydrogen (secondary N) is 1. The van der Waals surface area contributed by atoms with Crippen molar-refractivity contribution >= 4 is 6.03 Å². The van der Waals surface area contributed by atoms with E-state index in [0.29, 0.717) is 6.04 Å². The Bertz CT molecular complexity index is 852. The van der Waals surface area contributed by atoms with Gasteiger partial charge in [-0.1, -0.05) is 36.4 Å². The van der Waals surface area contributed by atoms with E-state index in [9.17, 15) is 9.18 Å². The summed E-state index contributed by atoms with van der Waals surface area (Å²) in [6.07, 6.45) is 4.15. The second-order valence-corrected chi connectivity index (χ2v) is 8.36. The number of carbonyl (C=O) groups excluding carboxylic acids is 1. The molecule has 1 aliphatic carbocycles. The Labute approximate surface area is 165 Å². The van der Waals surface area contributed by atoms with E-state index in [1.165, 1.54) is 12.1 Å². The zero-order valence-electron chi connectivity index (χ0n) is 16.0. The number of rotatable bonds is 3. The van der Waals surface area contributed by atoms with Gasteiger partial charge in [0, 0.05) is 32.2 Å². The molecule has 0 spiro atoms. The molecule has 1 saturated carbocycles. The maximum absolute atomic E-state index is 13.1. The van der Waals surface area contributed by atoms with Crippen molar-refractivity contribution in [3.05, 3.63) is 59.9 Å². The Morgan fingerprint density at radius 2 is 1.50 bits per heavy atom. The lowest BCUT2D eigenvalue weighted by Gasteiger charge is -2.33. The molecule has 4 fully saturated rings. The van der Waals surface area contributed by atoms with Crippen LogP contribution < -0.4 is 5.32 Å². The molecule has 0 unspecified atom stereocenters. The topological polar surface area (TPSA) is 35.6 Å². The van der Waals surface area contributed by atoms with Crippen LogP contribution in [-0.2, 0) is 5.54 Å². The average Bonchev–Trinajstić information content (AvgIpc) is 3.54. The van der Waals surface area contributed by atoms with Gasteiger partial charge in [-0.2, -0.15) is 0 Å². The molecule has 3 heterocycles. The van der Waals surface area contributed by atoms with Gasteiger partial charge in [-0.05, 0) is 54.5 Å². The van der Waals surface area contributed by atoms with Crippen molar-refractivity contribution in [2.45, 2.75) is 37.3 Å². The quantitative estimate of drug-likeness (QED) is 0.876. The highest BCUT2D eigenvalue weighted by atomic mass is 19.1. The second-order valence-electron chi connectivity index (χ2n) is 8.36. The van der Waals surface area contributed by atoms with Crippen molar-refractivity contribution in [1.82, 2.24) is 15.1 Å². The third kappa shape index (κ3) is 3.28. The molecule has 2 amide bonds. The molecule has 4 nitrogen and oxygen atoms in total. The van der Waals surface area contributed by atoms with E-state index in [4.69, 9.17) is 0 Å². The zero-order chi connectivity index (χ0) is 19.1. The van der Waals surface area contributed by atoms with Gasteiger partial charge >= 0.3 is 6.03 Å². The molecule has 0 atom stereocenters. The number of hydrogen-bond donors (Lipinski definition) is 1. The van der Waals surface area contributed by atoms with Crippen LogP contribution in [0.15, 0.2) is 48.5 Å². The molecular weight excluding hydrogens is 353 g/mol. The number of halogens is 1. The highest BCUT2D eigenvalue weighted by molar-refractivity contribution is 5.76. The first-order chi connectivity index (χ1) is 13.6. The lowest BCUT2D eigenvalue weighted by molar-refractivity contribution is 0.166. The summed E-state index contributed by atoms with van der Waals surface area (Å²) in [5, 5.41) is 3.35. The zero-order valence-corrected chi connectivity index (χ0v) is 16.0. The van der Waals surface area contributed by atoms with Gasteiger partial charge in [0.2, 0.25) is 0 Å². The van der Waals surface area contributed by atoms with Crippen LogP contribution >= 0.6 is 0 Å². The summed E-state index contributed by atoms with van der Waals surface area (Å²) in [6, 6.07) is 15.4. The molecule has 3 saturated heterocycles. The van der Waals surface area contributed by atoms with Crippen molar-refractivity contribution in [2.24, 2.45) is 0 Å². The van der Waals surface area contributed by atoms with Crippen LogP contribution in [0.1, 0.15) is 31.2 Å². The first-order valence-electron chi connectivity index (χ1n) is 10.3. The van der Waals surface area contributed by atoms with Crippen molar-refractivity contribution < 1.29 is 9.18 Å². The van der Waals surface area contributed by atoms with Crippen molar-refractivity contribution in [3.63, 3.8) is 0 Å². The highest BCUT2D eigenvalue weighted by Gasteiger charge is 2.47. The summed E-state index contributed by atoms with van der Waals surface area (Å²) in [4.78, 5) is 17.6. The summed E-state index contributed by atoms with van der Waals surface area (Å²) < 4.78 is 13.1. The molecule has 146 valence electrons. The summed E-state index contributed by atoms with van der Waals surface area (Å²) in [5.41, 5.74) is 3.00. The number of hydrogen-bond acceptors (Lipinski definition) is 2. The molecule has 3 aliphatic heterocycles. The largest absolute Gasteiger partial charge is 0.328 e. The van der Waals surface area contributed by atoms with Crippen molar-refractivity contribution in [3.8, 4) is 11.1 Å². The van der Waals surface area contributed by atoms with E-state index in [1.54, 1.807) is 12.1 Å². The van der Waals surface area contributed by atoms with Crippen LogP contribution in [0.3, 0.4) is 0 Å². The number of benzene rings is 2. The van der Waals surface area contributed by atoms with Crippen LogP contribution in [0, 0.1) is 5.82 Å². The Morgan fingerprint density at radius 1 is 0.893 bits per heavy atom. The van der Waals surface area contributed by atoms with E-state index in [1.807, 2.05) is 0 Å². The Hall–Kier alpha value is -2.40. The summed E-state index contributed by atoms with van der Waals surface area (Å²) >= 11 is 0. The van der Waals surface area contributed by atoms with Crippen LogP contribution in [-0.4, -0.2) is 48.1 Å². The fourth-order valence-electron chi connectivity index (χ4n) is 4.67. The highest BCUT2D eigenvalue weighted by Crippen LogP contribution is 2.46. The minimum atomic E-state index is -0.223. The molecule has 0 radical (unpaired) electrons. The van der Waals surface area contributed by atoms with Gasteiger partial charge in [-0.25, -0.2) is 9.18 Å². The van der Waals surface area contributed by atoms with Gasteiger partial charge in [-0.3, -0.25) is 0 Å². The van der Waals surface area contributed by atoms with Gasteiger partial charge in [-0.15, -0.1) is 0 Å². The second kappa shape index (κ2) is 6.89. The maximum atomic E-state index is 13.1. The molecule has 28 heavy (non-hydrogen) atoms. The number of nitrogens with zero attached hydrogens (tertiary/aromatic N) is 2. The van der Waals surface area contributed by atoms with Gasteiger partial charge in [0.25, 0.3) is 0 Å². The molecule has 0 aromatic heterocycles. The number of fused-ring (bicyclic) bond motifs is 4. The first kappa shape index (κ1) is 17.7. The van der Waals surface area contributed by atoms with Gasteiger partial charge in [0.05, 0.1) is 5.54 Å². The fourth-order valence-corrected chi connectivity index (χ4v) is 4.67. The Balaban J connectivity index is 1.30. The van der Waals surface area contributed by atoms with E-state index in [-0.39, 0.29) is 17.4 Å². The number of piperidine rings is 1. The number of carbonyl (C=O) groups is 1. The maximum Gasteiger partial charge on any atom is 0.318 e.